The summed E-state index contributed by atoms with van der Waals surface area (Å²) < 4.78 is 43.4. The van der Waals surface area contributed by atoms with Crippen molar-refractivity contribution in [2.45, 2.75) is 39.0 Å². The molecule has 1 aliphatic rings. The number of aliphatic imine (C=N–C) groups is 1. The normalized spacial score (nSPS) is 18.3. The van der Waals surface area contributed by atoms with Gasteiger partial charge in [-0.2, -0.15) is 13.2 Å². The lowest BCUT2D eigenvalue weighted by Crippen LogP contribution is -2.38. The van der Waals surface area contributed by atoms with Gasteiger partial charge in [0.15, 0.2) is 0 Å². The van der Waals surface area contributed by atoms with E-state index in [9.17, 15) is 13.2 Å². The maximum absolute atomic E-state index is 12.8. The fourth-order valence-electron chi connectivity index (χ4n) is 2.50. The zero-order chi connectivity index (χ0) is 16.5. The summed E-state index contributed by atoms with van der Waals surface area (Å²) in [4.78, 5) is 6.19. The molecule has 1 aromatic rings. The minimum Gasteiger partial charge on any atom is -0.463 e. The van der Waals surface area contributed by atoms with Crippen molar-refractivity contribution in [3.8, 4) is 0 Å². The number of benzene rings is 1. The maximum atomic E-state index is 12.8. The summed E-state index contributed by atoms with van der Waals surface area (Å²) in [5.41, 5.74) is 6.21. The van der Waals surface area contributed by atoms with E-state index in [2.05, 4.69) is 4.99 Å². The largest absolute Gasteiger partial charge is 0.463 e. The van der Waals surface area contributed by atoms with Crippen molar-refractivity contribution in [1.29, 1.82) is 0 Å². The number of halogens is 3. The van der Waals surface area contributed by atoms with Gasteiger partial charge in [0.25, 0.3) is 6.02 Å². The predicted molar refractivity (Wildman–Crippen MR) is 80.0 cm³/mol. The number of alkyl halides is 3. The Labute approximate surface area is 127 Å². The van der Waals surface area contributed by atoms with Crippen LogP contribution >= 0.6 is 0 Å². The highest BCUT2D eigenvalue weighted by Crippen LogP contribution is 2.33. The van der Waals surface area contributed by atoms with E-state index < -0.39 is 11.7 Å². The van der Waals surface area contributed by atoms with E-state index in [0.717, 1.165) is 11.8 Å². The number of aryl methyl sites for hydroxylation is 1. The molecule has 1 aliphatic heterocycles. The summed E-state index contributed by atoms with van der Waals surface area (Å²) in [7, 11) is 0. The van der Waals surface area contributed by atoms with Gasteiger partial charge in [-0.05, 0) is 44.5 Å². The lowest BCUT2D eigenvalue weighted by molar-refractivity contribution is -0.137. The first-order valence-corrected chi connectivity index (χ1v) is 7.09. The van der Waals surface area contributed by atoms with Crippen LogP contribution in [0.2, 0.25) is 0 Å². The minimum absolute atomic E-state index is 0.107. The molecule has 22 heavy (non-hydrogen) atoms. The van der Waals surface area contributed by atoms with Crippen molar-refractivity contribution in [2.75, 3.05) is 18.1 Å². The van der Waals surface area contributed by atoms with Crippen LogP contribution in [0.4, 0.5) is 18.9 Å². The van der Waals surface area contributed by atoms with Crippen LogP contribution in [0.3, 0.4) is 0 Å². The average Bonchev–Trinajstić information content (AvgIpc) is 2.80. The number of nitrogens with zero attached hydrogens (tertiary/aromatic N) is 2. The molecular formula is C15H20F3N3O. The Morgan fingerprint density at radius 1 is 1.41 bits per heavy atom. The fourth-order valence-corrected chi connectivity index (χ4v) is 2.50. The molecule has 2 N–H and O–H groups in total. The van der Waals surface area contributed by atoms with E-state index in [4.69, 9.17) is 10.5 Å². The van der Waals surface area contributed by atoms with Crippen LogP contribution in [0.25, 0.3) is 0 Å². The van der Waals surface area contributed by atoms with E-state index in [1.807, 2.05) is 18.7 Å². The second-order valence-electron chi connectivity index (χ2n) is 5.68. The van der Waals surface area contributed by atoms with Gasteiger partial charge < -0.3 is 15.4 Å². The van der Waals surface area contributed by atoms with E-state index in [1.54, 1.807) is 6.92 Å². The van der Waals surface area contributed by atoms with Gasteiger partial charge in [-0.3, -0.25) is 0 Å². The number of ether oxygens (including phenoxy) is 1. The van der Waals surface area contributed by atoms with Gasteiger partial charge in [0.05, 0.1) is 5.56 Å². The van der Waals surface area contributed by atoms with Gasteiger partial charge >= 0.3 is 6.18 Å². The molecule has 0 fully saturated rings. The third-order valence-electron chi connectivity index (χ3n) is 3.60. The molecule has 0 bridgehead atoms. The zero-order valence-corrected chi connectivity index (χ0v) is 12.8. The molecule has 0 spiro atoms. The van der Waals surface area contributed by atoms with E-state index in [0.29, 0.717) is 18.7 Å². The Bertz CT molecular complexity index is 570. The molecule has 4 nitrogen and oxygen atoms in total. The van der Waals surface area contributed by atoms with Crippen LogP contribution in [0.15, 0.2) is 23.2 Å². The van der Waals surface area contributed by atoms with Crippen LogP contribution < -0.4 is 10.6 Å². The minimum atomic E-state index is -4.33. The van der Waals surface area contributed by atoms with Crippen LogP contribution in [0.1, 0.15) is 25.0 Å². The number of rotatable bonds is 4. The number of amidine groups is 1. The van der Waals surface area contributed by atoms with Gasteiger partial charge in [0, 0.05) is 18.3 Å². The van der Waals surface area contributed by atoms with Crippen molar-refractivity contribution < 1.29 is 17.9 Å². The molecule has 7 heteroatoms. The highest BCUT2D eigenvalue weighted by Gasteiger charge is 2.31. The monoisotopic (exact) mass is 315 g/mol. The first kappa shape index (κ1) is 16.5. The highest BCUT2D eigenvalue weighted by molar-refractivity contribution is 5.73. The van der Waals surface area contributed by atoms with Gasteiger partial charge in [0.1, 0.15) is 12.6 Å². The molecule has 1 atom stereocenters. The first-order valence-electron chi connectivity index (χ1n) is 7.09. The molecular weight excluding hydrogens is 295 g/mol. The lowest BCUT2D eigenvalue weighted by Gasteiger charge is -2.32. The molecule has 0 amide bonds. The first-order chi connectivity index (χ1) is 10.2. The lowest BCUT2D eigenvalue weighted by atomic mass is 10.1. The Morgan fingerprint density at radius 2 is 2.09 bits per heavy atom. The van der Waals surface area contributed by atoms with Gasteiger partial charge in [-0.1, -0.05) is 0 Å². The standard InChI is InChI=1S/C15H20F3N3O/c1-9(2)21(7-12-8-22-14(19)20-12)13-5-4-11(6-10(13)3)15(16,17)18/h4-6,9,12H,7-8H2,1-3H3,(H2,19,20)/t12-/m0/s1. The number of hydrogen-bond donors (Lipinski definition) is 1. The smallest absolute Gasteiger partial charge is 0.416 e. The third kappa shape index (κ3) is 3.64. The second-order valence-corrected chi connectivity index (χ2v) is 5.68. The zero-order valence-electron chi connectivity index (χ0n) is 12.8. The highest BCUT2D eigenvalue weighted by atomic mass is 19.4. The molecule has 2 rings (SSSR count). The SMILES string of the molecule is Cc1cc(C(F)(F)F)ccc1N(C[C@H]1COC(N)=N1)C(C)C. The maximum Gasteiger partial charge on any atom is 0.416 e. The summed E-state index contributed by atoms with van der Waals surface area (Å²) in [5.74, 6) is 0. The van der Waals surface area contributed by atoms with Crippen LogP contribution in [0, 0.1) is 6.92 Å². The van der Waals surface area contributed by atoms with E-state index in [-0.39, 0.29) is 18.1 Å². The number of anilines is 1. The average molecular weight is 315 g/mol. The Balaban J connectivity index is 2.25. The number of hydrogen-bond acceptors (Lipinski definition) is 4. The summed E-state index contributed by atoms with van der Waals surface area (Å²) in [6, 6.07) is 3.98. The Hall–Kier alpha value is -1.92. The van der Waals surface area contributed by atoms with Gasteiger partial charge in [-0.25, -0.2) is 4.99 Å². The molecule has 0 saturated carbocycles. The van der Waals surface area contributed by atoms with Gasteiger partial charge in [0.2, 0.25) is 0 Å². The van der Waals surface area contributed by atoms with Crippen LogP contribution in [-0.2, 0) is 10.9 Å². The molecule has 0 unspecified atom stereocenters. The Kier molecular flexibility index (Phi) is 4.53. The van der Waals surface area contributed by atoms with E-state index in [1.165, 1.54) is 12.1 Å². The summed E-state index contributed by atoms with van der Waals surface area (Å²) in [6.45, 7) is 6.60. The topological polar surface area (TPSA) is 50.9 Å². The molecule has 0 radical (unpaired) electrons. The summed E-state index contributed by atoms with van der Waals surface area (Å²) in [6.07, 6.45) is -4.33. The van der Waals surface area contributed by atoms with Crippen molar-refractivity contribution in [3.05, 3.63) is 29.3 Å². The van der Waals surface area contributed by atoms with Crippen molar-refractivity contribution in [2.24, 2.45) is 10.7 Å². The molecule has 0 aliphatic carbocycles. The molecule has 0 saturated heterocycles. The predicted octanol–water partition coefficient (Wildman–Crippen LogP) is 2.94. The fraction of sp³-hybridized carbons (Fsp3) is 0.533. The van der Waals surface area contributed by atoms with Gasteiger partial charge in [-0.15, -0.1) is 0 Å². The molecule has 122 valence electrons. The van der Waals surface area contributed by atoms with E-state index >= 15 is 0 Å². The molecule has 1 aromatic carbocycles. The summed E-state index contributed by atoms with van der Waals surface area (Å²) in [5, 5.41) is 0. The second kappa shape index (κ2) is 6.06. The Morgan fingerprint density at radius 3 is 2.55 bits per heavy atom. The van der Waals surface area contributed by atoms with Crippen molar-refractivity contribution >= 4 is 11.7 Å². The van der Waals surface area contributed by atoms with Crippen molar-refractivity contribution in [1.82, 2.24) is 0 Å². The number of nitrogens with two attached hydrogens (primary N) is 1. The van der Waals surface area contributed by atoms with Crippen LogP contribution in [0.5, 0.6) is 0 Å². The quantitative estimate of drug-likeness (QED) is 0.929. The molecule has 0 aromatic heterocycles. The third-order valence-corrected chi connectivity index (χ3v) is 3.60. The van der Waals surface area contributed by atoms with Crippen LogP contribution in [-0.4, -0.2) is 31.3 Å². The molecule has 1 heterocycles. The summed E-state index contributed by atoms with van der Waals surface area (Å²) >= 11 is 0. The van der Waals surface area contributed by atoms with Crippen molar-refractivity contribution in [3.63, 3.8) is 0 Å².